The molecule has 1 unspecified atom stereocenters. The van der Waals surface area contributed by atoms with Gasteiger partial charge in [-0.05, 0) is 31.5 Å². The molecule has 0 saturated carbocycles. The average Bonchev–Trinajstić information content (AvgIpc) is 2.26. The lowest BCUT2D eigenvalue weighted by atomic mass is 10.1. The topological polar surface area (TPSA) is 34.2 Å². The van der Waals surface area contributed by atoms with Gasteiger partial charge in [-0.25, -0.2) is 4.98 Å². The number of ether oxygens (including phenoxy) is 1. The molecule has 0 aliphatic rings. The van der Waals surface area contributed by atoms with Gasteiger partial charge in [0.05, 0.1) is 7.11 Å². The number of nitrogens with zero attached hydrogens (tertiary/aromatic N) is 1. The Balaban J connectivity index is 2.64. The molecule has 3 heteroatoms. The first kappa shape index (κ1) is 11.0. The van der Waals surface area contributed by atoms with Gasteiger partial charge in [0.1, 0.15) is 0 Å². The Bertz CT molecular complexity index is 276. The van der Waals surface area contributed by atoms with Crippen LogP contribution in [0.1, 0.15) is 31.9 Å². The van der Waals surface area contributed by atoms with E-state index in [9.17, 15) is 0 Å². The fourth-order valence-corrected chi connectivity index (χ4v) is 1.28. The number of hydrogen-bond acceptors (Lipinski definition) is 3. The van der Waals surface area contributed by atoms with Crippen LogP contribution in [-0.2, 0) is 0 Å². The minimum atomic E-state index is 0.354. The van der Waals surface area contributed by atoms with Crippen molar-refractivity contribution < 1.29 is 4.74 Å². The standard InChI is InChI=1S/C11H18N2O/c1-4-6-12-9(2)10-5-7-13-11(8-10)14-3/h5,7-9,12H,4,6H2,1-3H3. The number of pyridine rings is 1. The molecule has 0 radical (unpaired) electrons. The molecule has 78 valence electrons. The second-order valence-electron chi connectivity index (χ2n) is 3.31. The van der Waals surface area contributed by atoms with E-state index >= 15 is 0 Å². The maximum absolute atomic E-state index is 5.07. The number of nitrogens with one attached hydrogen (secondary N) is 1. The number of rotatable bonds is 5. The van der Waals surface area contributed by atoms with Gasteiger partial charge in [-0.2, -0.15) is 0 Å². The van der Waals surface area contributed by atoms with Gasteiger partial charge in [-0.1, -0.05) is 6.92 Å². The van der Waals surface area contributed by atoms with Crippen molar-refractivity contribution in [2.24, 2.45) is 0 Å². The van der Waals surface area contributed by atoms with Crippen LogP contribution in [0.5, 0.6) is 5.88 Å². The molecule has 14 heavy (non-hydrogen) atoms. The van der Waals surface area contributed by atoms with E-state index in [1.54, 1.807) is 13.3 Å². The molecule has 0 aliphatic heterocycles. The normalized spacial score (nSPS) is 12.5. The first-order valence-corrected chi connectivity index (χ1v) is 5.01. The second kappa shape index (κ2) is 5.60. The quantitative estimate of drug-likeness (QED) is 0.780. The molecule has 1 atom stereocenters. The van der Waals surface area contributed by atoms with Crippen LogP contribution in [0, 0.1) is 0 Å². The molecule has 0 saturated heterocycles. The van der Waals surface area contributed by atoms with Crippen LogP contribution in [0.25, 0.3) is 0 Å². The predicted molar refractivity (Wildman–Crippen MR) is 57.5 cm³/mol. The van der Waals surface area contributed by atoms with Crippen molar-refractivity contribution in [2.45, 2.75) is 26.3 Å². The monoisotopic (exact) mass is 194 g/mol. The van der Waals surface area contributed by atoms with Crippen LogP contribution < -0.4 is 10.1 Å². The molecule has 3 nitrogen and oxygen atoms in total. The summed E-state index contributed by atoms with van der Waals surface area (Å²) in [5, 5.41) is 3.42. The van der Waals surface area contributed by atoms with Crippen LogP contribution in [0.4, 0.5) is 0 Å². The summed E-state index contributed by atoms with van der Waals surface area (Å²) in [6.45, 7) is 5.34. The van der Waals surface area contributed by atoms with E-state index in [-0.39, 0.29) is 0 Å². The Hall–Kier alpha value is -1.09. The molecule has 1 rings (SSSR count). The summed E-state index contributed by atoms with van der Waals surface area (Å²) >= 11 is 0. The van der Waals surface area contributed by atoms with E-state index in [2.05, 4.69) is 24.1 Å². The Morgan fingerprint density at radius 2 is 2.36 bits per heavy atom. The van der Waals surface area contributed by atoms with Gasteiger partial charge in [0.15, 0.2) is 0 Å². The van der Waals surface area contributed by atoms with Crippen LogP contribution in [0.15, 0.2) is 18.3 Å². The van der Waals surface area contributed by atoms with Crippen LogP contribution in [0.3, 0.4) is 0 Å². The van der Waals surface area contributed by atoms with Gasteiger partial charge in [0, 0.05) is 18.3 Å². The highest BCUT2D eigenvalue weighted by atomic mass is 16.5. The van der Waals surface area contributed by atoms with Crippen molar-refractivity contribution in [3.8, 4) is 5.88 Å². The molecule has 1 aromatic heterocycles. The Kier molecular flexibility index (Phi) is 4.40. The van der Waals surface area contributed by atoms with Crippen molar-refractivity contribution in [1.82, 2.24) is 10.3 Å². The lowest BCUT2D eigenvalue weighted by Crippen LogP contribution is -2.19. The molecule has 1 heterocycles. The molecule has 0 fully saturated rings. The third kappa shape index (κ3) is 3.00. The van der Waals surface area contributed by atoms with Crippen LogP contribution >= 0.6 is 0 Å². The SMILES string of the molecule is CCCNC(C)c1ccnc(OC)c1. The zero-order valence-corrected chi connectivity index (χ0v) is 9.08. The smallest absolute Gasteiger partial charge is 0.213 e. The summed E-state index contributed by atoms with van der Waals surface area (Å²) in [6.07, 6.45) is 2.92. The fraction of sp³-hybridized carbons (Fsp3) is 0.545. The van der Waals surface area contributed by atoms with E-state index in [0.29, 0.717) is 11.9 Å². The highest BCUT2D eigenvalue weighted by Gasteiger charge is 2.04. The number of hydrogen-bond donors (Lipinski definition) is 1. The molecule has 0 aliphatic carbocycles. The molecule has 1 N–H and O–H groups in total. The van der Waals surface area contributed by atoms with E-state index in [4.69, 9.17) is 4.74 Å². The highest BCUT2D eigenvalue weighted by Crippen LogP contribution is 2.15. The Morgan fingerprint density at radius 1 is 1.57 bits per heavy atom. The maximum Gasteiger partial charge on any atom is 0.213 e. The van der Waals surface area contributed by atoms with Crippen molar-refractivity contribution in [2.75, 3.05) is 13.7 Å². The summed E-state index contributed by atoms with van der Waals surface area (Å²) in [7, 11) is 1.64. The summed E-state index contributed by atoms with van der Waals surface area (Å²) in [4.78, 5) is 4.07. The zero-order chi connectivity index (χ0) is 10.4. The van der Waals surface area contributed by atoms with Gasteiger partial charge in [0.25, 0.3) is 0 Å². The molecule has 0 amide bonds. The summed E-state index contributed by atoms with van der Waals surface area (Å²) in [6, 6.07) is 4.33. The summed E-state index contributed by atoms with van der Waals surface area (Å²) in [5.74, 6) is 0.674. The second-order valence-corrected chi connectivity index (χ2v) is 3.31. The fourth-order valence-electron chi connectivity index (χ4n) is 1.28. The molecule has 1 aromatic rings. The maximum atomic E-state index is 5.07. The number of aromatic nitrogens is 1. The summed E-state index contributed by atoms with van der Waals surface area (Å²) in [5.41, 5.74) is 1.21. The molecule has 0 spiro atoms. The van der Waals surface area contributed by atoms with Gasteiger partial charge in [-0.15, -0.1) is 0 Å². The minimum absolute atomic E-state index is 0.354. The third-order valence-corrected chi connectivity index (χ3v) is 2.17. The predicted octanol–water partition coefficient (Wildman–Crippen LogP) is 2.15. The van der Waals surface area contributed by atoms with E-state index < -0.39 is 0 Å². The zero-order valence-electron chi connectivity index (χ0n) is 9.08. The van der Waals surface area contributed by atoms with Crippen molar-refractivity contribution >= 4 is 0 Å². The van der Waals surface area contributed by atoms with Crippen molar-refractivity contribution in [3.63, 3.8) is 0 Å². The first-order chi connectivity index (χ1) is 6.77. The molecular formula is C11H18N2O. The third-order valence-electron chi connectivity index (χ3n) is 2.17. The largest absolute Gasteiger partial charge is 0.481 e. The number of methoxy groups -OCH3 is 1. The summed E-state index contributed by atoms with van der Waals surface area (Å²) < 4.78 is 5.07. The Labute approximate surface area is 85.5 Å². The average molecular weight is 194 g/mol. The first-order valence-electron chi connectivity index (χ1n) is 5.01. The minimum Gasteiger partial charge on any atom is -0.481 e. The van der Waals surface area contributed by atoms with E-state index in [0.717, 1.165) is 13.0 Å². The van der Waals surface area contributed by atoms with Gasteiger partial charge < -0.3 is 10.1 Å². The van der Waals surface area contributed by atoms with E-state index in [1.807, 2.05) is 12.1 Å². The lowest BCUT2D eigenvalue weighted by molar-refractivity contribution is 0.396. The molecule has 0 aromatic carbocycles. The van der Waals surface area contributed by atoms with E-state index in [1.165, 1.54) is 5.56 Å². The van der Waals surface area contributed by atoms with Crippen molar-refractivity contribution in [1.29, 1.82) is 0 Å². The Morgan fingerprint density at radius 3 is 3.00 bits per heavy atom. The van der Waals surface area contributed by atoms with Gasteiger partial charge in [0.2, 0.25) is 5.88 Å². The lowest BCUT2D eigenvalue weighted by Gasteiger charge is -2.13. The van der Waals surface area contributed by atoms with Crippen LogP contribution in [-0.4, -0.2) is 18.6 Å². The van der Waals surface area contributed by atoms with Crippen LogP contribution in [0.2, 0.25) is 0 Å². The highest BCUT2D eigenvalue weighted by molar-refractivity contribution is 5.22. The van der Waals surface area contributed by atoms with Crippen molar-refractivity contribution in [3.05, 3.63) is 23.9 Å². The molecule has 0 bridgehead atoms. The van der Waals surface area contributed by atoms with Gasteiger partial charge in [-0.3, -0.25) is 0 Å². The molecular weight excluding hydrogens is 176 g/mol. The van der Waals surface area contributed by atoms with Gasteiger partial charge >= 0.3 is 0 Å².